The molecule has 6 nitrogen and oxygen atoms in total. The normalized spacial score (nSPS) is 19.2. The Kier molecular flexibility index (Phi) is 7.22. The maximum Gasteiger partial charge on any atom is 0.194 e. The van der Waals surface area contributed by atoms with Gasteiger partial charge in [-0.1, -0.05) is 30.3 Å². The Bertz CT molecular complexity index is 684. The van der Waals surface area contributed by atoms with Gasteiger partial charge in [-0.2, -0.15) is 5.10 Å². The Morgan fingerprint density at radius 2 is 2.12 bits per heavy atom. The van der Waals surface area contributed by atoms with Crippen molar-refractivity contribution in [2.45, 2.75) is 25.8 Å². The number of nitrogens with zero attached hydrogens (tertiary/aromatic N) is 5. The molecule has 1 N–H and O–H groups in total. The number of guanidine groups is 1. The second-order valence-corrected chi connectivity index (χ2v) is 6.36. The molecule has 0 bridgehead atoms. The van der Waals surface area contributed by atoms with Crippen LogP contribution < -0.4 is 5.32 Å². The molecular weight excluding hydrogens is 427 g/mol. The van der Waals surface area contributed by atoms with Gasteiger partial charge in [0, 0.05) is 27.2 Å². The van der Waals surface area contributed by atoms with Crippen LogP contribution in [-0.2, 0) is 13.6 Å². The number of aromatic nitrogens is 3. The van der Waals surface area contributed by atoms with Crippen molar-refractivity contribution in [3.8, 4) is 0 Å². The van der Waals surface area contributed by atoms with Crippen LogP contribution >= 0.6 is 24.0 Å². The van der Waals surface area contributed by atoms with Crippen LogP contribution in [0.25, 0.3) is 0 Å². The molecule has 0 radical (unpaired) electrons. The molecule has 0 amide bonds. The first-order valence-corrected chi connectivity index (χ1v) is 8.56. The standard InChI is InChI=1S/C18H26N6.HI/c1-4-19-18(23(2)12-17-21-13-22-24(17)3)20-11-15-10-16(15)14-8-6-5-7-9-14;/h5-9,13,15-16H,4,10-12H2,1-3H3,(H,19,20);1H. The molecule has 1 aromatic heterocycles. The molecule has 2 atom stereocenters. The van der Waals surface area contributed by atoms with Crippen molar-refractivity contribution in [1.29, 1.82) is 0 Å². The van der Waals surface area contributed by atoms with E-state index in [4.69, 9.17) is 4.99 Å². The smallest absolute Gasteiger partial charge is 0.194 e. The molecule has 0 aliphatic heterocycles. The van der Waals surface area contributed by atoms with E-state index in [1.54, 1.807) is 11.0 Å². The lowest BCUT2D eigenvalue weighted by Gasteiger charge is -2.21. The van der Waals surface area contributed by atoms with Gasteiger partial charge in [-0.05, 0) is 30.7 Å². The second-order valence-electron chi connectivity index (χ2n) is 6.36. The minimum Gasteiger partial charge on any atom is -0.357 e. The predicted molar refractivity (Wildman–Crippen MR) is 111 cm³/mol. The molecule has 1 aromatic carbocycles. The van der Waals surface area contributed by atoms with Gasteiger partial charge in [-0.15, -0.1) is 24.0 Å². The molecule has 0 spiro atoms. The topological polar surface area (TPSA) is 58.3 Å². The number of aryl methyl sites for hydroxylation is 1. The van der Waals surface area contributed by atoms with E-state index in [-0.39, 0.29) is 24.0 Å². The number of benzene rings is 1. The van der Waals surface area contributed by atoms with Crippen LogP contribution in [0.4, 0.5) is 0 Å². The van der Waals surface area contributed by atoms with E-state index < -0.39 is 0 Å². The van der Waals surface area contributed by atoms with Crippen LogP contribution in [0.15, 0.2) is 41.7 Å². The molecule has 2 aromatic rings. The van der Waals surface area contributed by atoms with Gasteiger partial charge in [-0.3, -0.25) is 9.67 Å². The quantitative estimate of drug-likeness (QED) is 0.414. The summed E-state index contributed by atoms with van der Waals surface area (Å²) in [7, 11) is 3.95. The van der Waals surface area contributed by atoms with E-state index in [0.29, 0.717) is 18.4 Å². The Morgan fingerprint density at radius 3 is 2.76 bits per heavy atom. The minimum atomic E-state index is 0. The lowest BCUT2D eigenvalue weighted by Crippen LogP contribution is -2.39. The van der Waals surface area contributed by atoms with Gasteiger partial charge in [-0.25, -0.2) is 4.98 Å². The van der Waals surface area contributed by atoms with Gasteiger partial charge in [0.2, 0.25) is 0 Å². The number of rotatable bonds is 6. The summed E-state index contributed by atoms with van der Waals surface area (Å²) in [4.78, 5) is 11.2. The molecule has 1 saturated carbocycles. The third-order valence-electron chi connectivity index (χ3n) is 4.51. The summed E-state index contributed by atoms with van der Waals surface area (Å²) in [6.45, 7) is 4.50. The van der Waals surface area contributed by atoms with Crippen molar-refractivity contribution in [3.05, 3.63) is 48.0 Å². The van der Waals surface area contributed by atoms with Crippen LogP contribution in [0, 0.1) is 5.92 Å². The fourth-order valence-corrected chi connectivity index (χ4v) is 2.98. The zero-order chi connectivity index (χ0) is 16.9. The summed E-state index contributed by atoms with van der Waals surface area (Å²) >= 11 is 0. The molecule has 2 unspecified atom stereocenters. The number of nitrogens with one attached hydrogen (secondary N) is 1. The number of hydrogen-bond donors (Lipinski definition) is 1. The fraction of sp³-hybridized carbons (Fsp3) is 0.500. The fourth-order valence-electron chi connectivity index (χ4n) is 2.98. The van der Waals surface area contributed by atoms with Gasteiger partial charge >= 0.3 is 0 Å². The van der Waals surface area contributed by atoms with E-state index in [1.807, 2.05) is 14.1 Å². The van der Waals surface area contributed by atoms with Crippen LogP contribution in [-0.4, -0.2) is 45.8 Å². The molecule has 1 fully saturated rings. The summed E-state index contributed by atoms with van der Waals surface area (Å²) in [5.41, 5.74) is 1.44. The number of aliphatic imine (C=N–C) groups is 1. The summed E-state index contributed by atoms with van der Waals surface area (Å²) in [5, 5.41) is 7.49. The van der Waals surface area contributed by atoms with Gasteiger partial charge in [0.15, 0.2) is 5.96 Å². The highest BCUT2D eigenvalue weighted by Gasteiger charge is 2.37. The maximum atomic E-state index is 4.84. The highest BCUT2D eigenvalue weighted by atomic mass is 127. The Hall–Kier alpha value is -1.64. The van der Waals surface area contributed by atoms with Crippen molar-refractivity contribution >= 4 is 29.9 Å². The lowest BCUT2D eigenvalue weighted by atomic mass is 10.1. The molecule has 1 aliphatic carbocycles. The summed E-state index contributed by atoms with van der Waals surface area (Å²) < 4.78 is 1.80. The average Bonchev–Trinajstić information content (AvgIpc) is 3.27. The average molecular weight is 454 g/mol. The molecule has 0 saturated heterocycles. The first-order valence-electron chi connectivity index (χ1n) is 8.56. The SMILES string of the molecule is CCNC(=NCC1CC1c1ccccc1)N(C)Cc1ncnn1C.I. The van der Waals surface area contributed by atoms with E-state index in [2.05, 4.69) is 57.6 Å². The lowest BCUT2D eigenvalue weighted by molar-refractivity contribution is 0.448. The maximum absolute atomic E-state index is 4.84. The summed E-state index contributed by atoms with van der Waals surface area (Å²) in [6.07, 6.45) is 2.82. The van der Waals surface area contributed by atoms with Gasteiger partial charge in [0.25, 0.3) is 0 Å². The Balaban J connectivity index is 0.00000225. The van der Waals surface area contributed by atoms with E-state index in [0.717, 1.165) is 24.9 Å². The first kappa shape index (κ1) is 19.7. The molecular formula is C18H27IN6. The van der Waals surface area contributed by atoms with Gasteiger partial charge in [0.1, 0.15) is 12.2 Å². The van der Waals surface area contributed by atoms with E-state index >= 15 is 0 Å². The Morgan fingerprint density at radius 1 is 1.36 bits per heavy atom. The first-order chi connectivity index (χ1) is 11.7. The van der Waals surface area contributed by atoms with Crippen molar-refractivity contribution < 1.29 is 0 Å². The predicted octanol–water partition coefficient (Wildman–Crippen LogP) is 2.63. The zero-order valence-corrected chi connectivity index (χ0v) is 17.4. The Labute approximate surface area is 166 Å². The number of halogens is 1. The summed E-state index contributed by atoms with van der Waals surface area (Å²) in [6, 6.07) is 10.8. The minimum absolute atomic E-state index is 0. The van der Waals surface area contributed by atoms with Gasteiger partial charge in [0.05, 0.1) is 6.54 Å². The largest absolute Gasteiger partial charge is 0.357 e. The highest BCUT2D eigenvalue weighted by Crippen LogP contribution is 2.47. The van der Waals surface area contributed by atoms with E-state index in [9.17, 15) is 0 Å². The second kappa shape index (κ2) is 9.17. The molecule has 136 valence electrons. The third kappa shape index (κ3) is 5.17. The van der Waals surface area contributed by atoms with Crippen molar-refractivity contribution in [2.75, 3.05) is 20.1 Å². The van der Waals surface area contributed by atoms with Crippen molar-refractivity contribution in [1.82, 2.24) is 25.0 Å². The third-order valence-corrected chi connectivity index (χ3v) is 4.51. The molecule has 1 heterocycles. The summed E-state index contributed by atoms with van der Waals surface area (Å²) in [5.74, 6) is 3.18. The highest BCUT2D eigenvalue weighted by molar-refractivity contribution is 14.0. The molecule has 3 rings (SSSR count). The van der Waals surface area contributed by atoms with Crippen LogP contribution in [0.3, 0.4) is 0 Å². The van der Waals surface area contributed by atoms with Crippen molar-refractivity contribution in [2.24, 2.45) is 18.0 Å². The van der Waals surface area contributed by atoms with Crippen molar-refractivity contribution in [3.63, 3.8) is 0 Å². The molecule has 1 aliphatic rings. The molecule has 25 heavy (non-hydrogen) atoms. The zero-order valence-electron chi connectivity index (χ0n) is 15.1. The monoisotopic (exact) mass is 454 g/mol. The van der Waals surface area contributed by atoms with Crippen LogP contribution in [0.2, 0.25) is 0 Å². The van der Waals surface area contributed by atoms with Gasteiger partial charge < -0.3 is 10.2 Å². The van der Waals surface area contributed by atoms with Crippen LogP contribution in [0.1, 0.15) is 30.7 Å². The molecule has 7 heteroatoms. The number of hydrogen-bond acceptors (Lipinski definition) is 3. The van der Waals surface area contributed by atoms with E-state index in [1.165, 1.54) is 12.0 Å². The van der Waals surface area contributed by atoms with Crippen LogP contribution in [0.5, 0.6) is 0 Å².